The van der Waals surface area contributed by atoms with Gasteiger partial charge < -0.3 is 9.59 Å². The lowest BCUT2D eigenvalue weighted by Gasteiger charge is -2.09. The molecule has 0 spiro atoms. The molecule has 0 radical (unpaired) electrons. The average molecular weight is 196 g/mol. The van der Waals surface area contributed by atoms with Crippen LogP contribution in [-0.4, -0.2) is 36.1 Å². The Morgan fingerprint density at radius 1 is 0.786 bits per heavy atom. The van der Waals surface area contributed by atoms with Gasteiger partial charge in [-0.2, -0.15) is 0 Å². The summed E-state index contributed by atoms with van der Waals surface area (Å²) in [6.07, 6.45) is 4.36. The van der Waals surface area contributed by atoms with Crippen LogP contribution in [-0.2, 0) is 9.59 Å². The van der Waals surface area contributed by atoms with Gasteiger partial charge >= 0.3 is 0 Å². The van der Waals surface area contributed by atoms with E-state index in [9.17, 15) is 9.59 Å². The van der Waals surface area contributed by atoms with Gasteiger partial charge in [0.25, 0.3) is 0 Å². The minimum Gasteiger partial charge on any atom is -0.301 e. The third-order valence-corrected chi connectivity index (χ3v) is 1.46. The Labute approximate surface area is 84.1 Å². The van der Waals surface area contributed by atoms with Crippen molar-refractivity contribution in [1.29, 1.82) is 0 Å². The lowest BCUT2D eigenvalue weighted by molar-refractivity contribution is -0.111. The van der Waals surface area contributed by atoms with Crippen LogP contribution in [0.5, 0.6) is 0 Å². The average Bonchev–Trinajstić information content (AvgIpc) is 2.13. The number of aliphatic imine (C=N–C) groups is 2. The van der Waals surface area contributed by atoms with Crippen molar-refractivity contribution < 1.29 is 9.59 Å². The van der Waals surface area contributed by atoms with E-state index >= 15 is 0 Å². The highest BCUT2D eigenvalue weighted by atomic mass is 16.1. The molecule has 0 saturated heterocycles. The molecule has 4 nitrogen and oxygen atoms in total. The van der Waals surface area contributed by atoms with Crippen LogP contribution in [0, 0.1) is 0 Å². The van der Waals surface area contributed by atoms with Gasteiger partial charge in [-0.05, 0) is 27.7 Å². The maximum absolute atomic E-state index is 10.5. The second-order valence-corrected chi connectivity index (χ2v) is 4.10. The second-order valence-electron chi connectivity index (χ2n) is 4.10. The second kappa shape index (κ2) is 4.79. The van der Waals surface area contributed by atoms with Crippen LogP contribution in [0.2, 0.25) is 0 Å². The topological polar surface area (TPSA) is 58.9 Å². The van der Waals surface area contributed by atoms with E-state index in [1.807, 2.05) is 0 Å². The highest BCUT2D eigenvalue weighted by Crippen LogP contribution is 2.03. The molecule has 0 bridgehead atoms. The molecule has 0 unspecified atom stereocenters. The largest absolute Gasteiger partial charge is 0.301 e. The first kappa shape index (κ1) is 12.7. The molecule has 0 aromatic rings. The predicted molar refractivity (Wildman–Crippen MR) is 57.3 cm³/mol. The van der Waals surface area contributed by atoms with Crippen molar-refractivity contribution in [3.05, 3.63) is 0 Å². The van der Waals surface area contributed by atoms with Gasteiger partial charge in [-0.25, -0.2) is 0 Å². The quantitative estimate of drug-likeness (QED) is 0.488. The maximum Gasteiger partial charge on any atom is 0.146 e. The van der Waals surface area contributed by atoms with E-state index in [1.165, 1.54) is 12.4 Å². The summed E-state index contributed by atoms with van der Waals surface area (Å²) < 4.78 is 0. The maximum atomic E-state index is 10.5. The molecule has 0 aliphatic heterocycles. The van der Waals surface area contributed by atoms with Crippen LogP contribution >= 0.6 is 0 Å². The lowest BCUT2D eigenvalue weighted by atomic mass is 10.1. The molecule has 0 heterocycles. The molecule has 78 valence electrons. The van der Waals surface area contributed by atoms with Crippen LogP contribution in [0.4, 0.5) is 0 Å². The third-order valence-electron chi connectivity index (χ3n) is 1.46. The lowest BCUT2D eigenvalue weighted by Crippen LogP contribution is -2.20. The molecule has 4 heteroatoms. The number of carbonyl (C=O) groups excluding carboxylic acids is 2. The number of hydrogen-bond acceptors (Lipinski definition) is 4. The van der Waals surface area contributed by atoms with Crippen molar-refractivity contribution in [3.63, 3.8) is 0 Å². The van der Waals surface area contributed by atoms with Crippen LogP contribution in [0.25, 0.3) is 0 Å². The van der Waals surface area contributed by atoms with Crippen molar-refractivity contribution in [2.24, 2.45) is 9.98 Å². The van der Waals surface area contributed by atoms with Gasteiger partial charge in [0, 0.05) is 12.4 Å². The zero-order valence-electron chi connectivity index (χ0n) is 9.02. The van der Waals surface area contributed by atoms with Crippen LogP contribution < -0.4 is 0 Å². The van der Waals surface area contributed by atoms with Crippen molar-refractivity contribution in [3.8, 4) is 0 Å². The molecule has 0 aromatic heterocycles. The third kappa shape index (κ3) is 5.35. The molecule has 0 aliphatic carbocycles. The van der Waals surface area contributed by atoms with E-state index in [0.29, 0.717) is 0 Å². The molecule has 0 fully saturated rings. The smallest absolute Gasteiger partial charge is 0.146 e. The highest BCUT2D eigenvalue weighted by Gasteiger charge is 2.13. The fourth-order valence-electron chi connectivity index (χ4n) is 0.512. The summed E-state index contributed by atoms with van der Waals surface area (Å²) in [4.78, 5) is 28.8. The molecule has 0 aromatic carbocycles. The summed E-state index contributed by atoms with van der Waals surface area (Å²) in [5.74, 6) is 0. The summed E-state index contributed by atoms with van der Waals surface area (Å²) in [7, 11) is 0. The standard InChI is InChI=1S/C10H16N2O2/c1-9(2,7-13)11-5-6-12-10(3,4)8-14/h5-8H,1-4H3. The first-order chi connectivity index (χ1) is 6.33. The minimum absolute atomic E-state index is 0.725. The molecule has 14 heavy (non-hydrogen) atoms. The van der Waals surface area contributed by atoms with Crippen molar-refractivity contribution in [2.45, 2.75) is 38.8 Å². The fraction of sp³-hybridized carbons (Fsp3) is 0.600. The highest BCUT2D eigenvalue weighted by molar-refractivity contribution is 6.16. The van der Waals surface area contributed by atoms with E-state index in [1.54, 1.807) is 27.7 Å². The van der Waals surface area contributed by atoms with Crippen LogP contribution in [0.3, 0.4) is 0 Å². The van der Waals surface area contributed by atoms with E-state index in [4.69, 9.17) is 0 Å². The normalized spacial score (nSPS) is 13.7. The Morgan fingerprint density at radius 3 is 1.29 bits per heavy atom. The van der Waals surface area contributed by atoms with Crippen molar-refractivity contribution >= 4 is 25.0 Å². The molecule has 0 atom stereocenters. The van der Waals surface area contributed by atoms with Gasteiger partial charge in [-0.15, -0.1) is 0 Å². The number of carbonyl (C=O) groups is 2. The molecule has 0 rings (SSSR count). The number of rotatable bonds is 5. The molecule has 0 N–H and O–H groups in total. The monoisotopic (exact) mass is 196 g/mol. The molecule has 0 amide bonds. The Hall–Kier alpha value is -1.32. The molecular weight excluding hydrogens is 180 g/mol. The number of nitrogens with zero attached hydrogens (tertiary/aromatic N) is 2. The fourth-order valence-corrected chi connectivity index (χ4v) is 0.512. The van der Waals surface area contributed by atoms with Gasteiger partial charge in [0.15, 0.2) is 0 Å². The van der Waals surface area contributed by atoms with Gasteiger partial charge in [0.2, 0.25) is 0 Å². The minimum atomic E-state index is -0.725. The van der Waals surface area contributed by atoms with Gasteiger partial charge in [-0.1, -0.05) is 0 Å². The molecule has 0 saturated carbocycles. The van der Waals surface area contributed by atoms with E-state index < -0.39 is 11.1 Å². The first-order valence-corrected chi connectivity index (χ1v) is 4.35. The Kier molecular flexibility index (Phi) is 4.34. The summed E-state index contributed by atoms with van der Waals surface area (Å²) in [5.41, 5.74) is -1.45. The SMILES string of the molecule is CC(C)(C=O)N=CC=NC(C)(C)C=O. The van der Waals surface area contributed by atoms with Crippen molar-refractivity contribution in [1.82, 2.24) is 0 Å². The predicted octanol–water partition coefficient (Wildman–Crippen LogP) is 1.08. The van der Waals surface area contributed by atoms with Crippen molar-refractivity contribution in [2.75, 3.05) is 0 Å². The van der Waals surface area contributed by atoms with Crippen LogP contribution in [0.15, 0.2) is 9.98 Å². The van der Waals surface area contributed by atoms with Gasteiger partial charge in [-0.3, -0.25) is 9.98 Å². The Morgan fingerprint density at radius 2 is 1.07 bits per heavy atom. The molecule has 0 aliphatic rings. The van der Waals surface area contributed by atoms with E-state index in [-0.39, 0.29) is 0 Å². The van der Waals surface area contributed by atoms with E-state index in [2.05, 4.69) is 9.98 Å². The number of hydrogen-bond donors (Lipinski definition) is 0. The summed E-state index contributed by atoms with van der Waals surface area (Å²) >= 11 is 0. The molecular formula is C10H16N2O2. The van der Waals surface area contributed by atoms with Gasteiger partial charge in [0.1, 0.15) is 23.7 Å². The number of aldehydes is 2. The zero-order chi connectivity index (χ0) is 11.2. The first-order valence-electron chi connectivity index (χ1n) is 4.35. The Balaban J connectivity index is 4.32. The van der Waals surface area contributed by atoms with E-state index in [0.717, 1.165) is 12.6 Å². The summed E-state index contributed by atoms with van der Waals surface area (Å²) in [5, 5.41) is 0. The summed E-state index contributed by atoms with van der Waals surface area (Å²) in [6, 6.07) is 0. The summed E-state index contributed by atoms with van der Waals surface area (Å²) in [6.45, 7) is 6.76. The van der Waals surface area contributed by atoms with Gasteiger partial charge in [0.05, 0.1) is 0 Å². The van der Waals surface area contributed by atoms with Crippen LogP contribution in [0.1, 0.15) is 27.7 Å². The zero-order valence-corrected chi connectivity index (χ0v) is 9.02. The Bertz CT molecular complexity index is 237.